The van der Waals surface area contributed by atoms with Crippen LogP contribution in [0.4, 0.5) is 0 Å². The molecule has 0 unspecified atom stereocenters. The lowest BCUT2D eigenvalue weighted by atomic mass is 10.2. The average Bonchev–Trinajstić information content (AvgIpc) is 2.34. The lowest BCUT2D eigenvalue weighted by Gasteiger charge is -2.12. The Labute approximate surface area is 127 Å². The molecule has 1 atom stereocenters. The minimum atomic E-state index is -0.412. The Hall–Kier alpha value is -0.230. The van der Waals surface area contributed by atoms with Gasteiger partial charge in [0.1, 0.15) is 0 Å². The summed E-state index contributed by atoms with van der Waals surface area (Å²) < 4.78 is 0.998. The number of nitrogens with two attached hydrogens (primary N) is 1. The number of benzene rings is 1. The molecule has 0 fully saturated rings. The average molecular weight is 354 g/mol. The normalized spacial score (nSPS) is 11.5. The van der Waals surface area contributed by atoms with Crippen LogP contribution >= 0.6 is 40.1 Å². The third kappa shape index (κ3) is 6.09. The summed E-state index contributed by atoms with van der Waals surface area (Å²) in [6.07, 6.45) is 2.72. The minimum absolute atomic E-state index is 0. The SMILES string of the molecule is CSCC[C@H](N)C(=O)NCc1ccccc1Br.Cl. The highest BCUT2D eigenvalue weighted by Crippen LogP contribution is 2.15. The zero-order valence-electron chi connectivity index (χ0n) is 10.2. The summed E-state index contributed by atoms with van der Waals surface area (Å²) in [4.78, 5) is 11.7. The summed E-state index contributed by atoms with van der Waals surface area (Å²) in [6, 6.07) is 7.40. The Balaban J connectivity index is 0.00000289. The van der Waals surface area contributed by atoms with Crippen LogP contribution in [0.15, 0.2) is 28.7 Å². The van der Waals surface area contributed by atoms with Crippen LogP contribution in [0, 0.1) is 0 Å². The van der Waals surface area contributed by atoms with E-state index in [4.69, 9.17) is 5.73 Å². The van der Waals surface area contributed by atoms with Gasteiger partial charge in [0.25, 0.3) is 0 Å². The molecular formula is C12H18BrClN2OS. The van der Waals surface area contributed by atoms with Gasteiger partial charge in [0.15, 0.2) is 0 Å². The van der Waals surface area contributed by atoms with Crippen LogP contribution in [0.25, 0.3) is 0 Å². The number of nitrogens with one attached hydrogen (secondary N) is 1. The summed E-state index contributed by atoms with van der Waals surface area (Å²) in [7, 11) is 0. The molecule has 1 amide bonds. The highest BCUT2D eigenvalue weighted by Gasteiger charge is 2.12. The van der Waals surface area contributed by atoms with Crippen LogP contribution in [-0.4, -0.2) is 24.0 Å². The fourth-order valence-corrected chi connectivity index (χ4v) is 2.25. The largest absolute Gasteiger partial charge is 0.351 e. The molecule has 0 aliphatic heterocycles. The molecule has 18 heavy (non-hydrogen) atoms. The molecule has 3 N–H and O–H groups in total. The summed E-state index contributed by atoms with van der Waals surface area (Å²) in [5.41, 5.74) is 6.82. The van der Waals surface area contributed by atoms with E-state index in [1.165, 1.54) is 0 Å². The minimum Gasteiger partial charge on any atom is -0.351 e. The third-order valence-corrected chi connectivity index (χ3v) is 3.80. The highest BCUT2D eigenvalue weighted by atomic mass is 79.9. The maximum atomic E-state index is 11.7. The van der Waals surface area contributed by atoms with Crippen LogP contribution in [0.3, 0.4) is 0 Å². The smallest absolute Gasteiger partial charge is 0.237 e. The molecule has 0 heterocycles. The van der Waals surface area contributed by atoms with Crippen molar-refractivity contribution in [2.24, 2.45) is 5.73 Å². The number of amides is 1. The number of thioether (sulfide) groups is 1. The Bertz CT molecular complexity index is 379. The van der Waals surface area contributed by atoms with E-state index in [1.807, 2.05) is 30.5 Å². The van der Waals surface area contributed by atoms with E-state index in [0.717, 1.165) is 15.8 Å². The third-order valence-electron chi connectivity index (χ3n) is 2.38. The van der Waals surface area contributed by atoms with Crippen molar-refractivity contribution in [3.8, 4) is 0 Å². The molecule has 6 heteroatoms. The molecule has 0 aliphatic carbocycles. The number of carbonyl (C=O) groups is 1. The Morgan fingerprint density at radius 3 is 2.78 bits per heavy atom. The first kappa shape index (κ1) is 17.8. The number of halogens is 2. The maximum Gasteiger partial charge on any atom is 0.237 e. The van der Waals surface area contributed by atoms with Crippen LogP contribution in [0.5, 0.6) is 0 Å². The van der Waals surface area contributed by atoms with Gasteiger partial charge in [-0.15, -0.1) is 12.4 Å². The first-order valence-electron chi connectivity index (χ1n) is 5.40. The molecule has 3 nitrogen and oxygen atoms in total. The second-order valence-electron chi connectivity index (χ2n) is 3.70. The van der Waals surface area contributed by atoms with Gasteiger partial charge in [0.05, 0.1) is 6.04 Å². The van der Waals surface area contributed by atoms with E-state index >= 15 is 0 Å². The van der Waals surface area contributed by atoms with E-state index < -0.39 is 6.04 Å². The van der Waals surface area contributed by atoms with Crippen molar-refractivity contribution >= 4 is 46.0 Å². The maximum absolute atomic E-state index is 11.7. The van der Waals surface area contributed by atoms with Crippen molar-refractivity contribution in [3.05, 3.63) is 34.3 Å². The summed E-state index contributed by atoms with van der Waals surface area (Å²) in [6.45, 7) is 0.507. The van der Waals surface area contributed by atoms with Gasteiger partial charge in [-0.05, 0) is 30.1 Å². The topological polar surface area (TPSA) is 55.1 Å². The Morgan fingerprint density at radius 1 is 1.50 bits per heavy atom. The zero-order chi connectivity index (χ0) is 12.7. The lowest BCUT2D eigenvalue weighted by molar-refractivity contribution is -0.122. The van der Waals surface area contributed by atoms with Crippen LogP contribution in [0.2, 0.25) is 0 Å². The zero-order valence-corrected chi connectivity index (χ0v) is 13.4. The van der Waals surface area contributed by atoms with Crippen molar-refractivity contribution < 1.29 is 4.79 Å². The van der Waals surface area contributed by atoms with Crippen molar-refractivity contribution in [1.82, 2.24) is 5.32 Å². The molecule has 0 aromatic heterocycles. The van der Waals surface area contributed by atoms with E-state index in [1.54, 1.807) is 11.8 Å². The fourth-order valence-electron chi connectivity index (χ4n) is 1.33. The molecule has 0 bridgehead atoms. The van der Waals surface area contributed by atoms with E-state index in [9.17, 15) is 4.79 Å². The van der Waals surface area contributed by atoms with Crippen LogP contribution in [-0.2, 0) is 11.3 Å². The molecule has 1 rings (SSSR count). The van der Waals surface area contributed by atoms with Gasteiger partial charge >= 0.3 is 0 Å². The molecule has 0 saturated carbocycles. The molecule has 1 aromatic carbocycles. The standard InChI is InChI=1S/C12H17BrN2OS.ClH/c1-17-7-6-11(14)12(16)15-8-9-4-2-3-5-10(9)13;/h2-5,11H,6-8,14H2,1H3,(H,15,16);1H/t11-;/m0./s1. The monoisotopic (exact) mass is 352 g/mol. The van der Waals surface area contributed by atoms with Crippen molar-refractivity contribution in [2.75, 3.05) is 12.0 Å². The van der Waals surface area contributed by atoms with Gasteiger partial charge < -0.3 is 11.1 Å². The Kier molecular flexibility index (Phi) is 9.54. The lowest BCUT2D eigenvalue weighted by Crippen LogP contribution is -2.40. The van der Waals surface area contributed by atoms with Crippen LogP contribution in [0.1, 0.15) is 12.0 Å². The van der Waals surface area contributed by atoms with Gasteiger partial charge in [-0.3, -0.25) is 4.79 Å². The van der Waals surface area contributed by atoms with E-state index in [0.29, 0.717) is 13.0 Å². The molecule has 0 radical (unpaired) electrons. The van der Waals surface area contributed by atoms with E-state index in [2.05, 4.69) is 21.2 Å². The molecule has 0 aliphatic rings. The predicted octanol–water partition coefficient (Wildman–Crippen LogP) is 2.57. The highest BCUT2D eigenvalue weighted by molar-refractivity contribution is 9.10. The quantitative estimate of drug-likeness (QED) is 0.826. The van der Waals surface area contributed by atoms with Gasteiger partial charge in [-0.1, -0.05) is 34.1 Å². The second-order valence-corrected chi connectivity index (χ2v) is 5.54. The first-order chi connectivity index (χ1) is 8.15. The predicted molar refractivity (Wildman–Crippen MR) is 84.2 cm³/mol. The molecule has 102 valence electrons. The molecule has 0 spiro atoms. The van der Waals surface area contributed by atoms with Crippen molar-refractivity contribution in [1.29, 1.82) is 0 Å². The molecule has 0 saturated heterocycles. The summed E-state index contributed by atoms with van der Waals surface area (Å²) in [5, 5.41) is 2.85. The van der Waals surface area contributed by atoms with Gasteiger partial charge in [0, 0.05) is 11.0 Å². The molecular weight excluding hydrogens is 336 g/mol. The number of hydrogen-bond donors (Lipinski definition) is 2. The number of hydrogen-bond acceptors (Lipinski definition) is 3. The van der Waals surface area contributed by atoms with Crippen LogP contribution < -0.4 is 11.1 Å². The number of rotatable bonds is 6. The van der Waals surface area contributed by atoms with Crippen molar-refractivity contribution in [3.63, 3.8) is 0 Å². The van der Waals surface area contributed by atoms with Gasteiger partial charge in [-0.25, -0.2) is 0 Å². The van der Waals surface area contributed by atoms with Gasteiger partial charge in [0.2, 0.25) is 5.91 Å². The second kappa shape index (κ2) is 9.67. The van der Waals surface area contributed by atoms with Crippen molar-refractivity contribution in [2.45, 2.75) is 19.0 Å². The summed E-state index contributed by atoms with van der Waals surface area (Å²) >= 11 is 5.14. The van der Waals surface area contributed by atoms with Gasteiger partial charge in [-0.2, -0.15) is 11.8 Å². The summed E-state index contributed by atoms with van der Waals surface area (Å²) in [5.74, 6) is 0.818. The Morgan fingerprint density at radius 2 is 2.17 bits per heavy atom. The fraction of sp³-hybridized carbons (Fsp3) is 0.417. The first-order valence-corrected chi connectivity index (χ1v) is 7.59. The number of carbonyl (C=O) groups excluding carboxylic acids is 1. The van der Waals surface area contributed by atoms with E-state index in [-0.39, 0.29) is 18.3 Å². The molecule has 1 aromatic rings.